The average Bonchev–Trinajstić information content (AvgIpc) is 2.81. The fourth-order valence-electron chi connectivity index (χ4n) is 3.75. The maximum Gasteiger partial charge on any atom is 0.307 e. The molecule has 3 rings (SSSR count). The van der Waals surface area contributed by atoms with Crippen molar-refractivity contribution < 1.29 is 33.3 Å². The molecule has 0 fully saturated rings. The number of para-hydroxylation sites is 2. The van der Waals surface area contributed by atoms with Crippen LogP contribution in [0.1, 0.15) is 23.6 Å². The molecule has 2 aromatic rings. The molecule has 1 aliphatic heterocycles. The van der Waals surface area contributed by atoms with Crippen molar-refractivity contribution in [3.8, 4) is 23.0 Å². The Hall–Kier alpha value is -3.42. The number of carbonyl (C=O) groups is 2. The molecule has 1 atom stereocenters. The number of benzene rings is 2. The molecule has 0 saturated heterocycles. The summed E-state index contributed by atoms with van der Waals surface area (Å²) in [6.45, 7) is 0.263. The molecule has 0 N–H and O–H groups in total. The Bertz CT molecular complexity index is 944. The maximum absolute atomic E-state index is 13.1. The summed E-state index contributed by atoms with van der Waals surface area (Å²) < 4.78 is 26.7. The van der Waals surface area contributed by atoms with Crippen LogP contribution in [-0.2, 0) is 20.7 Å². The lowest BCUT2D eigenvalue weighted by molar-refractivity contribution is -0.144. The van der Waals surface area contributed by atoms with Gasteiger partial charge in [-0.05, 0) is 41.8 Å². The number of esters is 1. The molecule has 166 valence electrons. The number of hydrogen-bond acceptors (Lipinski definition) is 7. The first kappa shape index (κ1) is 22.3. The van der Waals surface area contributed by atoms with E-state index in [9.17, 15) is 9.59 Å². The zero-order valence-corrected chi connectivity index (χ0v) is 18.2. The molecule has 0 unspecified atom stereocenters. The first-order chi connectivity index (χ1) is 15.0. The average molecular weight is 429 g/mol. The Kier molecular flexibility index (Phi) is 7.23. The van der Waals surface area contributed by atoms with Crippen molar-refractivity contribution in [2.24, 2.45) is 0 Å². The summed E-state index contributed by atoms with van der Waals surface area (Å²) in [5.41, 5.74) is 1.83. The highest BCUT2D eigenvalue weighted by molar-refractivity contribution is 5.80. The van der Waals surface area contributed by atoms with Gasteiger partial charge in [-0.1, -0.05) is 12.1 Å². The number of hydrogen-bond donors (Lipinski definition) is 0. The van der Waals surface area contributed by atoms with Gasteiger partial charge in [-0.2, -0.15) is 0 Å². The van der Waals surface area contributed by atoms with E-state index in [2.05, 4.69) is 0 Å². The number of methoxy groups -OCH3 is 4. The second-order valence-electron chi connectivity index (χ2n) is 6.98. The topological polar surface area (TPSA) is 83.5 Å². The van der Waals surface area contributed by atoms with E-state index in [1.165, 1.54) is 7.11 Å². The normalized spacial score (nSPS) is 15.0. The van der Waals surface area contributed by atoms with Crippen molar-refractivity contribution in [3.63, 3.8) is 0 Å². The molecule has 2 aromatic carbocycles. The third-order valence-corrected chi connectivity index (χ3v) is 5.33. The van der Waals surface area contributed by atoms with Crippen LogP contribution in [0.15, 0.2) is 36.4 Å². The van der Waals surface area contributed by atoms with Crippen LogP contribution in [-0.4, -0.2) is 58.4 Å². The van der Waals surface area contributed by atoms with Crippen molar-refractivity contribution >= 4 is 11.9 Å². The number of nitrogens with zero attached hydrogens (tertiary/aromatic N) is 1. The fraction of sp³-hybridized carbons (Fsp3) is 0.391. The molecule has 0 saturated carbocycles. The number of ether oxygens (including phenoxy) is 5. The van der Waals surface area contributed by atoms with Gasteiger partial charge in [0, 0.05) is 6.54 Å². The Balaban J connectivity index is 1.86. The predicted octanol–water partition coefficient (Wildman–Crippen LogP) is 2.78. The second-order valence-corrected chi connectivity index (χ2v) is 6.98. The quantitative estimate of drug-likeness (QED) is 0.597. The first-order valence-corrected chi connectivity index (χ1v) is 9.89. The molecular weight excluding hydrogens is 402 g/mol. The summed E-state index contributed by atoms with van der Waals surface area (Å²) in [4.78, 5) is 26.9. The van der Waals surface area contributed by atoms with E-state index in [1.807, 2.05) is 18.2 Å². The van der Waals surface area contributed by atoms with Gasteiger partial charge in [-0.25, -0.2) is 0 Å². The van der Waals surface area contributed by atoms with Gasteiger partial charge in [0.25, 0.3) is 5.91 Å². The van der Waals surface area contributed by atoms with Crippen molar-refractivity contribution in [2.75, 3.05) is 41.6 Å². The minimum absolute atomic E-state index is 0.0272. The van der Waals surface area contributed by atoms with Gasteiger partial charge in [0.05, 0.1) is 40.9 Å². The second kappa shape index (κ2) is 10.1. The number of rotatable bonds is 8. The van der Waals surface area contributed by atoms with E-state index in [1.54, 1.807) is 44.4 Å². The van der Waals surface area contributed by atoms with Gasteiger partial charge in [0.2, 0.25) is 0 Å². The van der Waals surface area contributed by atoms with E-state index in [-0.39, 0.29) is 18.9 Å². The van der Waals surface area contributed by atoms with Crippen LogP contribution in [0.4, 0.5) is 0 Å². The van der Waals surface area contributed by atoms with Crippen molar-refractivity contribution in [1.29, 1.82) is 0 Å². The zero-order chi connectivity index (χ0) is 22.4. The molecule has 8 heteroatoms. The highest BCUT2D eigenvalue weighted by Crippen LogP contribution is 2.39. The van der Waals surface area contributed by atoms with Gasteiger partial charge < -0.3 is 28.6 Å². The Morgan fingerprint density at radius 3 is 2.23 bits per heavy atom. The maximum atomic E-state index is 13.1. The van der Waals surface area contributed by atoms with E-state index in [0.717, 1.165) is 11.1 Å². The molecular formula is C23H27NO7. The van der Waals surface area contributed by atoms with Crippen molar-refractivity contribution in [3.05, 3.63) is 47.5 Å². The summed E-state index contributed by atoms with van der Waals surface area (Å²) in [6, 6.07) is 10.3. The Morgan fingerprint density at radius 2 is 1.58 bits per heavy atom. The number of carbonyl (C=O) groups excluding carboxylic acids is 2. The molecule has 0 spiro atoms. The van der Waals surface area contributed by atoms with Gasteiger partial charge in [0.1, 0.15) is 0 Å². The highest BCUT2D eigenvalue weighted by Gasteiger charge is 2.34. The summed E-state index contributed by atoms with van der Waals surface area (Å²) in [6.07, 6.45) is 0.646. The largest absolute Gasteiger partial charge is 0.493 e. The van der Waals surface area contributed by atoms with E-state index >= 15 is 0 Å². The predicted molar refractivity (Wildman–Crippen MR) is 113 cm³/mol. The van der Waals surface area contributed by atoms with Crippen LogP contribution in [0.3, 0.4) is 0 Å². The van der Waals surface area contributed by atoms with E-state index in [0.29, 0.717) is 36.0 Å². The Labute approximate surface area is 181 Å². The standard InChI is InChI=1S/C23H27NO7/c1-27-18-7-5-6-8-19(18)31-14-22(25)24-10-9-15-11-20(28-2)21(29-3)12-16(15)17(24)13-23(26)30-4/h5-8,11-12,17H,9-10,13-14H2,1-4H3/t17-/m0/s1. The lowest BCUT2D eigenvalue weighted by Gasteiger charge is -2.37. The SMILES string of the molecule is COC(=O)C[C@H]1c2cc(OC)c(OC)cc2CCN1C(=O)COc1ccccc1OC. The van der Waals surface area contributed by atoms with Gasteiger partial charge in [-0.15, -0.1) is 0 Å². The summed E-state index contributed by atoms with van der Waals surface area (Å²) >= 11 is 0. The van der Waals surface area contributed by atoms with Gasteiger partial charge in [-0.3, -0.25) is 9.59 Å². The van der Waals surface area contributed by atoms with Crippen LogP contribution in [0.25, 0.3) is 0 Å². The van der Waals surface area contributed by atoms with Crippen LogP contribution < -0.4 is 18.9 Å². The molecule has 1 amide bonds. The number of fused-ring (bicyclic) bond motifs is 1. The molecule has 31 heavy (non-hydrogen) atoms. The summed E-state index contributed by atoms with van der Waals surface area (Å²) in [5.74, 6) is 1.53. The van der Waals surface area contributed by atoms with E-state index in [4.69, 9.17) is 23.7 Å². The summed E-state index contributed by atoms with van der Waals surface area (Å²) in [5, 5.41) is 0. The Morgan fingerprint density at radius 1 is 0.935 bits per heavy atom. The highest BCUT2D eigenvalue weighted by atomic mass is 16.5. The lowest BCUT2D eigenvalue weighted by Crippen LogP contribution is -2.43. The first-order valence-electron chi connectivity index (χ1n) is 9.89. The monoisotopic (exact) mass is 429 g/mol. The van der Waals surface area contributed by atoms with Crippen LogP contribution in [0.2, 0.25) is 0 Å². The minimum Gasteiger partial charge on any atom is -0.493 e. The van der Waals surface area contributed by atoms with Crippen LogP contribution >= 0.6 is 0 Å². The molecule has 8 nitrogen and oxygen atoms in total. The third kappa shape index (κ3) is 4.84. The molecule has 1 aliphatic rings. The molecule has 0 aliphatic carbocycles. The molecule has 0 radical (unpaired) electrons. The zero-order valence-electron chi connectivity index (χ0n) is 18.2. The van der Waals surface area contributed by atoms with Crippen molar-refractivity contribution in [1.82, 2.24) is 4.90 Å². The molecule has 1 heterocycles. The smallest absolute Gasteiger partial charge is 0.307 e. The van der Waals surface area contributed by atoms with Gasteiger partial charge in [0.15, 0.2) is 29.6 Å². The van der Waals surface area contributed by atoms with Crippen LogP contribution in [0, 0.1) is 0 Å². The minimum atomic E-state index is -0.496. The molecule has 0 aromatic heterocycles. The lowest BCUT2D eigenvalue weighted by atomic mass is 9.90. The molecule has 0 bridgehead atoms. The van der Waals surface area contributed by atoms with Crippen LogP contribution in [0.5, 0.6) is 23.0 Å². The van der Waals surface area contributed by atoms with Crippen molar-refractivity contribution in [2.45, 2.75) is 18.9 Å². The summed E-state index contributed by atoms with van der Waals surface area (Å²) in [7, 11) is 5.99. The van der Waals surface area contributed by atoms with Gasteiger partial charge >= 0.3 is 5.97 Å². The third-order valence-electron chi connectivity index (χ3n) is 5.33. The number of amides is 1. The van der Waals surface area contributed by atoms with E-state index < -0.39 is 12.0 Å². The fourth-order valence-corrected chi connectivity index (χ4v) is 3.75.